The van der Waals surface area contributed by atoms with E-state index in [0.29, 0.717) is 0 Å². The van der Waals surface area contributed by atoms with E-state index in [1.807, 2.05) is 0 Å². The molecule has 1 amide bonds. The van der Waals surface area contributed by atoms with Crippen LogP contribution in [0.15, 0.2) is 42.5 Å². The van der Waals surface area contributed by atoms with Gasteiger partial charge in [0, 0.05) is 5.41 Å². The molecule has 120 valence electrons. The van der Waals surface area contributed by atoms with Gasteiger partial charge in [0.2, 0.25) is 0 Å². The summed E-state index contributed by atoms with van der Waals surface area (Å²) in [6.45, 7) is 6.38. The molecule has 0 saturated heterocycles. The summed E-state index contributed by atoms with van der Waals surface area (Å²) in [7, 11) is 0. The van der Waals surface area contributed by atoms with Crippen molar-refractivity contribution in [3.63, 3.8) is 0 Å². The average molecular weight is 309 g/mol. The normalized spacial score (nSPS) is 18.5. The molecular formula is C20H23NO2. The molecule has 2 aromatic rings. The minimum Gasteiger partial charge on any atom is -0.441 e. The highest BCUT2D eigenvalue weighted by molar-refractivity contribution is 5.68. The first kappa shape index (κ1) is 15.6. The summed E-state index contributed by atoms with van der Waals surface area (Å²) in [5, 5.41) is 0. The van der Waals surface area contributed by atoms with E-state index in [-0.39, 0.29) is 11.5 Å². The standard InChI is InChI=1S/C20H23NO2/c1-4-13-6-5-7-14(10-13)15-8-9-17-16(11-15)12-20(2,3)18(17)23-19(21)22/h5-11,18H,4,12H2,1-3H3,(H2,21,22)/t18-/m0/s1. The van der Waals surface area contributed by atoms with Crippen LogP contribution < -0.4 is 5.73 Å². The Hall–Kier alpha value is -2.29. The zero-order valence-corrected chi connectivity index (χ0v) is 13.9. The van der Waals surface area contributed by atoms with Crippen LogP contribution in [0, 0.1) is 5.41 Å². The number of fused-ring (bicyclic) bond motifs is 1. The highest BCUT2D eigenvalue weighted by atomic mass is 16.6. The summed E-state index contributed by atoms with van der Waals surface area (Å²) in [5.74, 6) is 0. The molecule has 0 saturated carbocycles. The fraction of sp³-hybridized carbons (Fsp3) is 0.350. The fourth-order valence-corrected chi connectivity index (χ4v) is 3.51. The van der Waals surface area contributed by atoms with E-state index in [1.54, 1.807) is 0 Å². The smallest absolute Gasteiger partial charge is 0.405 e. The van der Waals surface area contributed by atoms with Gasteiger partial charge in [0.25, 0.3) is 0 Å². The van der Waals surface area contributed by atoms with Crippen molar-refractivity contribution in [3.8, 4) is 11.1 Å². The van der Waals surface area contributed by atoms with Gasteiger partial charge in [0.15, 0.2) is 0 Å². The molecule has 1 aliphatic rings. The van der Waals surface area contributed by atoms with Gasteiger partial charge in [-0.2, -0.15) is 0 Å². The Balaban J connectivity index is 1.99. The van der Waals surface area contributed by atoms with Crippen molar-refractivity contribution in [2.24, 2.45) is 11.1 Å². The quantitative estimate of drug-likeness (QED) is 0.898. The molecule has 2 N–H and O–H groups in total. The lowest BCUT2D eigenvalue weighted by molar-refractivity contribution is 0.0392. The second-order valence-corrected chi connectivity index (χ2v) is 6.95. The molecule has 1 aliphatic carbocycles. The summed E-state index contributed by atoms with van der Waals surface area (Å²) < 4.78 is 5.37. The summed E-state index contributed by atoms with van der Waals surface area (Å²) in [4.78, 5) is 11.2. The molecule has 0 radical (unpaired) electrons. The molecule has 0 heterocycles. The second-order valence-electron chi connectivity index (χ2n) is 6.95. The predicted octanol–water partition coefficient (Wildman–Crippen LogP) is 4.63. The van der Waals surface area contributed by atoms with E-state index < -0.39 is 6.09 Å². The average Bonchev–Trinajstić information content (AvgIpc) is 2.76. The molecule has 23 heavy (non-hydrogen) atoms. The first-order valence-corrected chi connectivity index (χ1v) is 8.09. The predicted molar refractivity (Wildman–Crippen MR) is 92.2 cm³/mol. The van der Waals surface area contributed by atoms with Crippen molar-refractivity contribution >= 4 is 6.09 Å². The molecule has 0 aliphatic heterocycles. The molecule has 3 nitrogen and oxygen atoms in total. The molecule has 0 fully saturated rings. The summed E-state index contributed by atoms with van der Waals surface area (Å²) in [6.07, 6.45) is 0.920. The molecule has 1 atom stereocenters. The van der Waals surface area contributed by atoms with Crippen LogP contribution in [0.25, 0.3) is 11.1 Å². The van der Waals surface area contributed by atoms with Gasteiger partial charge in [-0.1, -0.05) is 63.2 Å². The lowest BCUT2D eigenvalue weighted by Crippen LogP contribution is -2.25. The molecule has 0 bridgehead atoms. The van der Waals surface area contributed by atoms with Crippen LogP contribution in [0.3, 0.4) is 0 Å². The van der Waals surface area contributed by atoms with E-state index in [2.05, 4.69) is 63.2 Å². The maximum absolute atomic E-state index is 11.2. The van der Waals surface area contributed by atoms with Crippen molar-refractivity contribution in [2.45, 2.75) is 39.7 Å². The Kier molecular flexibility index (Phi) is 3.88. The number of carbonyl (C=O) groups is 1. The van der Waals surface area contributed by atoms with Crippen LogP contribution in [0.5, 0.6) is 0 Å². The lowest BCUT2D eigenvalue weighted by atomic mass is 9.87. The van der Waals surface area contributed by atoms with E-state index in [1.165, 1.54) is 22.3 Å². The van der Waals surface area contributed by atoms with Crippen molar-refractivity contribution in [2.75, 3.05) is 0 Å². The van der Waals surface area contributed by atoms with Gasteiger partial charge in [-0.05, 0) is 40.7 Å². The zero-order valence-electron chi connectivity index (χ0n) is 13.9. The maximum atomic E-state index is 11.2. The number of hydrogen-bond acceptors (Lipinski definition) is 2. The highest BCUT2D eigenvalue weighted by Crippen LogP contribution is 2.48. The van der Waals surface area contributed by atoms with Gasteiger partial charge in [0.1, 0.15) is 6.10 Å². The number of rotatable bonds is 3. The Bertz CT molecular complexity index is 749. The van der Waals surface area contributed by atoms with Crippen molar-refractivity contribution in [3.05, 3.63) is 59.2 Å². The number of aryl methyl sites for hydroxylation is 1. The summed E-state index contributed by atoms with van der Waals surface area (Å²) in [6, 6.07) is 15.0. The van der Waals surface area contributed by atoms with Crippen LogP contribution in [0.4, 0.5) is 4.79 Å². The number of carbonyl (C=O) groups excluding carboxylic acids is 1. The molecule has 0 spiro atoms. The highest BCUT2D eigenvalue weighted by Gasteiger charge is 2.41. The first-order valence-electron chi connectivity index (χ1n) is 8.09. The third kappa shape index (κ3) is 2.96. The van der Waals surface area contributed by atoms with Crippen LogP contribution in [-0.2, 0) is 17.6 Å². The van der Waals surface area contributed by atoms with Crippen LogP contribution in [-0.4, -0.2) is 6.09 Å². The lowest BCUT2D eigenvalue weighted by Gasteiger charge is -2.26. The van der Waals surface area contributed by atoms with E-state index in [4.69, 9.17) is 10.5 Å². The molecule has 0 aromatic heterocycles. The van der Waals surface area contributed by atoms with Gasteiger partial charge < -0.3 is 10.5 Å². The molecular weight excluding hydrogens is 286 g/mol. The minimum absolute atomic E-state index is 0.138. The van der Waals surface area contributed by atoms with E-state index in [0.717, 1.165) is 18.4 Å². The van der Waals surface area contributed by atoms with Crippen molar-refractivity contribution in [1.29, 1.82) is 0 Å². The Morgan fingerprint density at radius 1 is 1.22 bits per heavy atom. The number of benzene rings is 2. The van der Waals surface area contributed by atoms with Gasteiger partial charge in [0.05, 0.1) is 0 Å². The van der Waals surface area contributed by atoms with Gasteiger partial charge >= 0.3 is 6.09 Å². The van der Waals surface area contributed by atoms with Crippen molar-refractivity contribution < 1.29 is 9.53 Å². The first-order chi connectivity index (χ1) is 10.9. The van der Waals surface area contributed by atoms with Crippen LogP contribution in [0.2, 0.25) is 0 Å². The Labute approximate surface area is 137 Å². The molecule has 3 heteroatoms. The van der Waals surface area contributed by atoms with Gasteiger partial charge in [-0.15, -0.1) is 0 Å². The SMILES string of the molecule is CCc1cccc(-c2ccc3c(c2)CC(C)(C)[C@H]3OC(N)=O)c1. The van der Waals surface area contributed by atoms with Crippen LogP contribution >= 0.6 is 0 Å². The monoisotopic (exact) mass is 309 g/mol. The maximum Gasteiger partial charge on any atom is 0.405 e. The third-order valence-corrected chi connectivity index (χ3v) is 4.68. The zero-order chi connectivity index (χ0) is 16.6. The Morgan fingerprint density at radius 2 is 1.96 bits per heavy atom. The van der Waals surface area contributed by atoms with Gasteiger partial charge in [-0.3, -0.25) is 0 Å². The van der Waals surface area contributed by atoms with E-state index >= 15 is 0 Å². The molecule has 0 unspecified atom stereocenters. The number of nitrogens with two attached hydrogens (primary N) is 1. The third-order valence-electron chi connectivity index (χ3n) is 4.68. The number of amides is 1. The minimum atomic E-state index is -0.712. The van der Waals surface area contributed by atoms with Crippen LogP contribution in [0.1, 0.15) is 43.6 Å². The second kappa shape index (κ2) is 5.73. The molecule has 2 aromatic carbocycles. The number of hydrogen-bond donors (Lipinski definition) is 1. The van der Waals surface area contributed by atoms with Crippen molar-refractivity contribution in [1.82, 2.24) is 0 Å². The van der Waals surface area contributed by atoms with Gasteiger partial charge in [-0.25, -0.2) is 4.79 Å². The number of primary amides is 1. The Morgan fingerprint density at radius 3 is 2.65 bits per heavy atom. The fourth-order valence-electron chi connectivity index (χ4n) is 3.51. The summed E-state index contributed by atoms with van der Waals surface area (Å²) >= 11 is 0. The number of ether oxygens (including phenoxy) is 1. The largest absolute Gasteiger partial charge is 0.441 e. The summed E-state index contributed by atoms with van der Waals surface area (Å²) in [5.41, 5.74) is 11.2. The topological polar surface area (TPSA) is 52.3 Å². The molecule has 3 rings (SSSR count). The van der Waals surface area contributed by atoms with E-state index in [9.17, 15) is 4.79 Å².